The number of carboxylic acids is 1. The summed E-state index contributed by atoms with van der Waals surface area (Å²) in [4.78, 5) is 15.4. The number of hydrogen-bond acceptors (Lipinski definition) is 4. The summed E-state index contributed by atoms with van der Waals surface area (Å²) in [5, 5.41) is 10.6. The Bertz CT molecular complexity index is 635. The molecule has 0 atom stereocenters. The van der Waals surface area contributed by atoms with Crippen LogP contribution in [0, 0.1) is 0 Å². The Hall–Kier alpha value is -2.14. The topological polar surface area (TPSA) is 68.7 Å². The van der Waals surface area contributed by atoms with Gasteiger partial charge >= 0.3 is 5.97 Å². The van der Waals surface area contributed by atoms with Crippen LogP contribution in [0.2, 0.25) is 0 Å². The van der Waals surface area contributed by atoms with Gasteiger partial charge in [-0.1, -0.05) is 18.2 Å². The van der Waals surface area contributed by atoms with Crippen molar-refractivity contribution in [2.24, 2.45) is 0 Å². The van der Waals surface area contributed by atoms with E-state index in [2.05, 4.69) is 4.98 Å². The lowest BCUT2D eigenvalue weighted by atomic mass is 10.1. The number of carboxylic acid groups (broad SMARTS) is 1. The molecule has 0 bridgehead atoms. The molecule has 1 aromatic heterocycles. The molecule has 0 amide bonds. The number of rotatable bonds is 3. The van der Waals surface area contributed by atoms with Gasteiger partial charge in [0.25, 0.3) is 0 Å². The van der Waals surface area contributed by atoms with Gasteiger partial charge < -0.3 is 14.6 Å². The molecular weight excluding hydrogens is 258 g/mol. The highest BCUT2D eigenvalue weighted by molar-refractivity contribution is 6.04. The van der Waals surface area contributed by atoms with Crippen LogP contribution in [0.1, 0.15) is 23.2 Å². The van der Waals surface area contributed by atoms with Crippen molar-refractivity contribution in [3.8, 4) is 5.88 Å². The first-order chi connectivity index (χ1) is 9.75. The van der Waals surface area contributed by atoms with Crippen LogP contribution in [0.4, 0.5) is 0 Å². The maximum Gasteiger partial charge on any atom is 0.337 e. The van der Waals surface area contributed by atoms with Crippen molar-refractivity contribution in [3.63, 3.8) is 0 Å². The Morgan fingerprint density at radius 1 is 1.25 bits per heavy atom. The molecule has 0 spiro atoms. The van der Waals surface area contributed by atoms with Gasteiger partial charge in [-0.05, 0) is 6.07 Å². The van der Waals surface area contributed by atoms with E-state index in [1.54, 1.807) is 6.07 Å². The zero-order valence-corrected chi connectivity index (χ0v) is 10.9. The van der Waals surface area contributed by atoms with E-state index in [1.807, 2.05) is 18.2 Å². The third-order valence-electron chi connectivity index (χ3n) is 3.44. The van der Waals surface area contributed by atoms with Gasteiger partial charge in [0.2, 0.25) is 5.88 Å². The first-order valence-corrected chi connectivity index (χ1v) is 6.61. The molecule has 5 nitrogen and oxygen atoms in total. The average molecular weight is 273 g/mol. The first kappa shape index (κ1) is 12.9. The summed E-state index contributed by atoms with van der Waals surface area (Å²) in [6.07, 6.45) is 3.10. The zero-order chi connectivity index (χ0) is 13.9. The van der Waals surface area contributed by atoms with E-state index in [0.717, 1.165) is 18.2 Å². The predicted octanol–water partition coefficient (Wildman–Crippen LogP) is 2.49. The number of aromatic nitrogens is 1. The van der Waals surface area contributed by atoms with E-state index < -0.39 is 5.97 Å². The third-order valence-corrected chi connectivity index (χ3v) is 3.44. The summed E-state index contributed by atoms with van der Waals surface area (Å²) in [6.45, 7) is 1.38. The largest absolute Gasteiger partial charge is 0.478 e. The van der Waals surface area contributed by atoms with Crippen LogP contribution in [0.3, 0.4) is 0 Å². The standard InChI is InChI=1S/C15H15NO4/c17-15(18)13-9-16-14(12-4-2-1-3-11(12)13)20-10-5-7-19-8-6-10/h1-4,9-10H,5-8H2,(H,17,18). The third kappa shape index (κ3) is 2.44. The lowest BCUT2D eigenvalue weighted by Gasteiger charge is -2.23. The van der Waals surface area contributed by atoms with Crippen LogP contribution in [-0.2, 0) is 4.74 Å². The molecule has 0 radical (unpaired) electrons. The minimum absolute atomic E-state index is 0.0790. The van der Waals surface area contributed by atoms with E-state index in [0.29, 0.717) is 24.5 Å². The van der Waals surface area contributed by atoms with Gasteiger partial charge in [0, 0.05) is 29.8 Å². The number of pyridine rings is 1. The van der Waals surface area contributed by atoms with Gasteiger partial charge in [-0.2, -0.15) is 0 Å². The summed E-state index contributed by atoms with van der Waals surface area (Å²) >= 11 is 0. The summed E-state index contributed by atoms with van der Waals surface area (Å²) < 4.78 is 11.2. The molecule has 0 unspecified atom stereocenters. The Kier molecular flexibility index (Phi) is 3.52. The molecule has 2 heterocycles. The summed E-state index contributed by atoms with van der Waals surface area (Å²) in [5.41, 5.74) is 0.194. The van der Waals surface area contributed by atoms with Gasteiger partial charge in [0.15, 0.2) is 0 Å². The molecule has 20 heavy (non-hydrogen) atoms. The average Bonchev–Trinajstić information content (AvgIpc) is 2.48. The highest BCUT2D eigenvalue weighted by Gasteiger charge is 2.19. The van der Waals surface area contributed by atoms with Crippen LogP contribution in [0.15, 0.2) is 30.5 Å². The quantitative estimate of drug-likeness (QED) is 0.930. The number of ether oxygens (including phenoxy) is 2. The molecule has 3 rings (SSSR count). The molecule has 1 saturated heterocycles. The monoisotopic (exact) mass is 273 g/mol. The van der Waals surface area contributed by atoms with Crippen LogP contribution in [-0.4, -0.2) is 35.4 Å². The van der Waals surface area contributed by atoms with Gasteiger partial charge in [-0.25, -0.2) is 9.78 Å². The Morgan fingerprint density at radius 2 is 1.95 bits per heavy atom. The second kappa shape index (κ2) is 5.46. The lowest BCUT2D eigenvalue weighted by Crippen LogP contribution is -2.26. The molecule has 1 aliphatic rings. The molecule has 0 saturated carbocycles. The fourth-order valence-corrected chi connectivity index (χ4v) is 2.38. The van der Waals surface area contributed by atoms with Crippen molar-refractivity contribution in [2.75, 3.05) is 13.2 Å². The Labute approximate surface area is 116 Å². The highest BCUT2D eigenvalue weighted by Crippen LogP contribution is 2.28. The van der Waals surface area contributed by atoms with E-state index in [4.69, 9.17) is 9.47 Å². The second-order valence-corrected chi connectivity index (χ2v) is 4.76. The predicted molar refractivity (Wildman–Crippen MR) is 73.2 cm³/mol. The van der Waals surface area contributed by atoms with E-state index in [1.165, 1.54) is 6.20 Å². The molecular formula is C15H15NO4. The van der Waals surface area contributed by atoms with Crippen molar-refractivity contribution in [1.29, 1.82) is 0 Å². The number of fused-ring (bicyclic) bond motifs is 1. The van der Waals surface area contributed by atoms with Crippen molar-refractivity contribution in [1.82, 2.24) is 4.98 Å². The first-order valence-electron chi connectivity index (χ1n) is 6.61. The normalized spacial score (nSPS) is 16.2. The minimum Gasteiger partial charge on any atom is -0.478 e. The van der Waals surface area contributed by atoms with Crippen molar-refractivity contribution >= 4 is 16.7 Å². The molecule has 0 aliphatic carbocycles. The van der Waals surface area contributed by atoms with Gasteiger partial charge in [0.1, 0.15) is 6.10 Å². The van der Waals surface area contributed by atoms with Gasteiger partial charge in [0.05, 0.1) is 18.8 Å². The van der Waals surface area contributed by atoms with Crippen molar-refractivity contribution in [2.45, 2.75) is 18.9 Å². The number of benzene rings is 1. The Balaban J connectivity index is 1.99. The Morgan fingerprint density at radius 3 is 2.65 bits per heavy atom. The van der Waals surface area contributed by atoms with Crippen LogP contribution < -0.4 is 4.74 Å². The van der Waals surface area contributed by atoms with Crippen LogP contribution in [0.5, 0.6) is 5.88 Å². The summed E-state index contributed by atoms with van der Waals surface area (Å²) in [6, 6.07) is 7.28. The SMILES string of the molecule is O=C(O)c1cnc(OC2CCOCC2)c2ccccc12. The van der Waals surface area contributed by atoms with Crippen molar-refractivity contribution < 1.29 is 19.4 Å². The number of hydrogen-bond donors (Lipinski definition) is 1. The van der Waals surface area contributed by atoms with E-state index in [9.17, 15) is 9.90 Å². The van der Waals surface area contributed by atoms with Crippen molar-refractivity contribution in [3.05, 3.63) is 36.0 Å². The number of carbonyl (C=O) groups is 1. The highest BCUT2D eigenvalue weighted by atomic mass is 16.5. The number of nitrogens with zero attached hydrogens (tertiary/aromatic N) is 1. The zero-order valence-electron chi connectivity index (χ0n) is 10.9. The minimum atomic E-state index is -0.980. The van der Waals surface area contributed by atoms with E-state index >= 15 is 0 Å². The van der Waals surface area contributed by atoms with Crippen LogP contribution in [0.25, 0.3) is 10.8 Å². The maximum absolute atomic E-state index is 11.2. The molecule has 1 fully saturated rings. The fourth-order valence-electron chi connectivity index (χ4n) is 2.38. The molecule has 1 N–H and O–H groups in total. The van der Waals surface area contributed by atoms with Gasteiger partial charge in [-0.15, -0.1) is 0 Å². The lowest BCUT2D eigenvalue weighted by molar-refractivity contribution is 0.0244. The molecule has 104 valence electrons. The van der Waals surface area contributed by atoms with Gasteiger partial charge in [-0.3, -0.25) is 0 Å². The second-order valence-electron chi connectivity index (χ2n) is 4.76. The van der Waals surface area contributed by atoms with E-state index in [-0.39, 0.29) is 11.7 Å². The fraction of sp³-hybridized carbons (Fsp3) is 0.333. The number of aromatic carboxylic acids is 1. The molecule has 5 heteroatoms. The molecule has 2 aromatic rings. The van der Waals surface area contributed by atoms with Crippen LogP contribution >= 0.6 is 0 Å². The summed E-state index contributed by atoms with van der Waals surface area (Å²) in [7, 11) is 0. The maximum atomic E-state index is 11.2. The smallest absolute Gasteiger partial charge is 0.337 e. The molecule has 1 aromatic carbocycles. The molecule has 1 aliphatic heterocycles. The summed E-state index contributed by atoms with van der Waals surface area (Å²) in [5.74, 6) is -0.483.